The van der Waals surface area contributed by atoms with Crippen LogP contribution in [0.2, 0.25) is 0 Å². The lowest BCUT2D eigenvalue weighted by molar-refractivity contribution is -0.127. The third-order valence-electron chi connectivity index (χ3n) is 6.12. The van der Waals surface area contributed by atoms with E-state index in [0.717, 1.165) is 36.3 Å². The van der Waals surface area contributed by atoms with Crippen LogP contribution in [-0.4, -0.2) is 24.7 Å². The van der Waals surface area contributed by atoms with Crippen LogP contribution in [0.5, 0.6) is 11.5 Å². The zero-order valence-electron chi connectivity index (χ0n) is 15.1. The standard InChI is InChI=1S/C20H28N2O3/c1-3-24-16-8-14-6-11(2)25-17(14)9-15(16)10-22-20(23)18-12-4-5-13(7-12)19(18)21/h8-9,11-13,18-19H,3-7,10,21H2,1-2H3,(H,22,23). The summed E-state index contributed by atoms with van der Waals surface area (Å²) in [7, 11) is 0. The molecule has 0 radical (unpaired) electrons. The maximum absolute atomic E-state index is 12.7. The molecule has 1 aromatic carbocycles. The molecule has 1 aliphatic heterocycles. The van der Waals surface area contributed by atoms with Crippen molar-refractivity contribution in [3.8, 4) is 11.5 Å². The molecule has 136 valence electrons. The summed E-state index contributed by atoms with van der Waals surface area (Å²) in [4.78, 5) is 12.7. The summed E-state index contributed by atoms with van der Waals surface area (Å²) in [5, 5.41) is 3.10. The fourth-order valence-electron chi connectivity index (χ4n) is 4.93. The van der Waals surface area contributed by atoms with Gasteiger partial charge in [0.05, 0.1) is 12.5 Å². The SMILES string of the molecule is CCOc1cc2c(cc1CNC(=O)C1C3CCC(C3)C1N)OC(C)C2. The average Bonchev–Trinajstić information content (AvgIpc) is 3.26. The molecule has 5 heteroatoms. The van der Waals surface area contributed by atoms with Gasteiger partial charge in [0.1, 0.15) is 17.6 Å². The fraction of sp³-hybridized carbons (Fsp3) is 0.650. The van der Waals surface area contributed by atoms with Crippen LogP contribution in [0.15, 0.2) is 12.1 Å². The maximum atomic E-state index is 12.7. The molecular weight excluding hydrogens is 316 g/mol. The van der Waals surface area contributed by atoms with Crippen LogP contribution in [0, 0.1) is 17.8 Å². The van der Waals surface area contributed by atoms with Crippen molar-refractivity contribution in [3.63, 3.8) is 0 Å². The van der Waals surface area contributed by atoms with E-state index in [1.165, 1.54) is 12.0 Å². The number of nitrogens with two attached hydrogens (primary N) is 1. The van der Waals surface area contributed by atoms with Gasteiger partial charge in [-0.25, -0.2) is 0 Å². The van der Waals surface area contributed by atoms with Gasteiger partial charge < -0.3 is 20.5 Å². The number of ether oxygens (including phenoxy) is 2. The van der Waals surface area contributed by atoms with Crippen molar-refractivity contribution in [2.45, 2.75) is 58.2 Å². The number of benzene rings is 1. The molecule has 25 heavy (non-hydrogen) atoms. The Morgan fingerprint density at radius 1 is 1.36 bits per heavy atom. The summed E-state index contributed by atoms with van der Waals surface area (Å²) in [6.45, 7) is 5.11. The number of hydrogen-bond donors (Lipinski definition) is 2. The minimum absolute atomic E-state index is 0.0225. The van der Waals surface area contributed by atoms with Crippen molar-refractivity contribution in [3.05, 3.63) is 23.3 Å². The van der Waals surface area contributed by atoms with E-state index in [0.29, 0.717) is 25.0 Å². The second-order valence-corrected chi connectivity index (χ2v) is 7.79. The first kappa shape index (κ1) is 16.7. The Hall–Kier alpha value is -1.75. The normalized spacial score (nSPS) is 32.4. The van der Waals surface area contributed by atoms with Crippen LogP contribution >= 0.6 is 0 Å². The van der Waals surface area contributed by atoms with Gasteiger partial charge in [-0.3, -0.25) is 4.79 Å². The first-order valence-corrected chi connectivity index (χ1v) is 9.55. The molecule has 3 aliphatic rings. The number of nitrogens with one attached hydrogen (secondary N) is 1. The number of amides is 1. The van der Waals surface area contributed by atoms with Crippen LogP contribution in [0.3, 0.4) is 0 Å². The minimum Gasteiger partial charge on any atom is -0.494 e. The predicted octanol–water partition coefficient (Wildman–Crippen LogP) is 2.40. The lowest BCUT2D eigenvalue weighted by Gasteiger charge is -2.27. The molecule has 0 saturated heterocycles. The summed E-state index contributed by atoms with van der Waals surface area (Å²) in [6.07, 6.45) is 4.55. The highest BCUT2D eigenvalue weighted by molar-refractivity contribution is 5.80. The summed E-state index contributed by atoms with van der Waals surface area (Å²) in [5.74, 6) is 2.83. The molecule has 1 heterocycles. The highest BCUT2D eigenvalue weighted by Gasteiger charge is 2.48. The third kappa shape index (κ3) is 2.99. The maximum Gasteiger partial charge on any atom is 0.225 e. The van der Waals surface area contributed by atoms with E-state index in [2.05, 4.69) is 18.3 Å². The van der Waals surface area contributed by atoms with Crippen molar-refractivity contribution in [2.24, 2.45) is 23.5 Å². The van der Waals surface area contributed by atoms with Gasteiger partial charge in [-0.1, -0.05) is 0 Å². The van der Waals surface area contributed by atoms with Crippen LogP contribution in [0.4, 0.5) is 0 Å². The number of hydrogen-bond acceptors (Lipinski definition) is 4. The van der Waals surface area contributed by atoms with Crippen molar-refractivity contribution in [1.82, 2.24) is 5.32 Å². The van der Waals surface area contributed by atoms with Gasteiger partial charge >= 0.3 is 0 Å². The van der Waals surface area contributed by atoms with Gasteiger partial charge in [-0.15, -0.1) is 0 Å². The third-order valence-corrected chi connectivity index (χ3v) is 6.12. The molecule has 5 unspecified atom stereocenters. The zero-order valence-corrected chi connectivity index (χ0v) is 15.1. The highest BCUT2D eigenvalue weighted by atomic mass is 16.5. The summed E-state index contributed by atoms with van der Waals surface area (Å²) < 4.78 is 11.7. The number of rotatable bonds is 5. The second-order valence-electron chi connectivity index (χ2n) is 7.79. The van der Waals surface area contributed by atoms with Crippen LogP contribution in [0.25, 0.3) is 0 Å². The predicted molar refractivity (Wildman–Crippen MR) is 95.5 cm³/mol. The van der Waals surface area contributed by atoms with E-state index in [1.54, 1.807) is 0 Å². The summed E-state index contributed by atoms with van der Waals surface area (Å²) in [5.41, 5.74) is 8.45. The lowest BCUT2D eigenvalue weighted by Crippen LogP contribution is -2.45. The average molecular weight is 344 g/mol. The molecule has 2 saturated carbocycles. The molecule has 5 nitrogen and oxygen atoms in total. The van der Waals surface area contributed by atoms with Crippen LogP contribution in [0.1, 0.15) is 44.2 Å². The van der Waals surface area contributed by atoms with Crippen LogP contribution < -0.4 is 20.5 Å². The second kappa shape index (κ2) is 6.52. The van der Waals surface area contributed by atoms with Gasteiger partial charge in [0.25, 0.3) is 0 Å². The number of carbonyl (C=O) groups excluding carboxylic acids is 1. The monoisotopic (exact) mass is 344 g/mol. The Bertz CT molecular complexity index is 673. The van der Waals surface area contributed by atoms with Crippen molar-refractivity contribution in [2.75, 3.05) is 6.61 Å². The van der Waals surface area contributed by atoms with E-state index in [4.69, 9.17) is 15.2 Å². The molecule has 2 bridgehead atoms. The Morgan fingerprint density at radius 3 is 2.88 bits per heavy atom. The molecular formula is C20H28N2O3. The van der Waals surface area contributed by atoms with Gasteiger partial charge in [-0.2, -0.15) is 0 Å². The topological polar surface area (TPSA) is 73.6 Å². The van der Waals surface area contributed by atoms with Gasteiger partial charge in [0.2, 0.25) is 5.91 Å². The number of carbonyl (C=O) groups is 1. The van der Waals surface area contributed by atoms with Crippen molar-refractivity contribution >= 4 is 5.91 Å². The van der Waals surface area contributed by atoms with E-state index in [-0.39, 0.29) is 24.0 Å². The molecule has 3 N–H and O–H groups in total. The lowest BCUT2D eigenvalue weighted by atomic mass is 9.84. The van der Waals surface area contributed by atoms with Gasteiger partial charge in [-0.05, 0) is 57.1 Å². The van der Waals surface area contributed by atoms with E-state index < -0.39 is 0 Å². The summed E-state index contributed by atoms with van der Waals surface area (Å²) >= 11 is 0. The van der Waals surface area contributed by atoms with Gasteiger partial charge in [0.15, 0.2) is 0 Å². The Morgan fingerprint density at radius 2 is 2.16 bits per heavy atom. The summed E-state index contributed by atoms with van der Waals surface area (Å²) in [6, 6.07) is 4.10. The smallest absolute Gasteiger partial charge is 0.225 e. The Kier molecular flexibility index (Phi) is 4.36. The first-order chi connectivity index (χ1) is 12.1. The number of fused-ring (bicyclic) bond motifs is 3. The van der Waals surface area contributed by atoms with E-state index in [1.807, 2.05) is 13.0 Å². The molecule has 1 amide bonds. The fourth-order valence-corrected chi connectivity index (χ4v) is 4.93. The first-order valence-electron chi connectivity index (χ1n) is 9.55. The molecule has 2 aliphatic carbocycles. The van der Waals surface area contributed by atoms with E-state index in [9.17, 15) is 4.79 Å². The van der Waals surface area contributed by atoms with Crippen LogP contribution in [-0.2, 0) is 17.8 Å². The van der Waals surface area contributed by atoms with Gasteiger partial charge in [0, 0.05) is 30.1 Å². The minimum atomic E-state index is -0.0278. The molecule has 0 spiro atoms. The molecule has 2 fully saturated rings. The molecule has 0 aromatic heterocycles. The molecule has 5 atom stereocenters. The zero-order chi connectivity index (χ0) is 17.6. The van der Waals surface area contributed by atoms with Crippen molar-refractivity contribution in [1.29, 1.82) is 0 Å². The quantitative estimate of drug-likeness (QED) is 0.860. The van der Waals surface area contributed by atoms with Crippen molar-refractivity contribution < 1.29 is 14.3 Å². The molecule has 4 rings (SSSR count). The Balaban J connectivity index is 1.47. The Labute approximate surface area is 149 Å². The molecule has 1 aromatic rings. The highest BCUT2D eigenvalue weighted by Crippen LogP contribution is 2.47. The largest absolute Gasteiger partial charge is 0.494 e. The van der Waals surface area contributed by atoms with E-state index >= 15 is 0 Å².